The highest BCUT2D eigenvalue weighted by Crippen LogP contribution is 2.45. The summed E-state index contributed by atoms with van der Waals surface area (Å²) < 4.78 is 7.62. The summed E-state index contributed by atoms with van der Waals surface area (Å²) in [5.74, 6) is 0. The summed E-state index contributed by atoms with van der Waals surface area (Å²) in [4.78, 5) is 0.873. The molecule has 2 aliphatic rings. The van der Waals surface area contributed by atoms with Gasteiger partial charge >= 0.3 is 0 Å². The number of benzene rings is 1. The maximum Gasteiger partial charge on any atom is 0.164 e. The Balaban J connectivity index is 1.84. The van der Waals surface area contributed by atoms with Crippen molar-refractivity contribution >= 4 is 23.6 Å². The lowest BCUT2D eigenvalue weighted by Crippen LogP contribution is -2.56. The molecule has 0 spiro atoms. The van der Waals surface area contributed by atoms with Crippen molar-refractivity contribution in [3.05, 3.63) is 63.1 Å². The van der Waals surface area contributed by atoms with Crippen LogP contribution in [0.3, 0.4) is 0 Å². The van der Waals surface area contributed by atoms with E-state index >= 15 is 0 Å². The Morgan fingerprint density at radius 3 is 2.58 bits per heavy atom. The van der Waals surface area contributed by atoms with Gasteiger partial charge in [0.05, 0.1) is 22.7 Å². The van der Waals surface area contributed by atoms with E-state index < -0.39 is 37.3 Å². The minimum atomic E-state index is -1.55. The van der Waals surface area contributed by atoms with E-state index in [1.165, 1.54) is 11.3 Å². The van der Waals surface area contributed by atoms with Gasteiger partial charge in [0.15, 0.2) is 6.23 Å². The van der Waals surface area contributed by atoms with E-state index in [0.29, 0.717) is 17.7 Å². The number of nitrogens with zero attached hydrogens (tertiary/aromatic N) is 2. The lowest BCUT2D eigenvalue weighted by atomic mass is 9.82. The Labute approximate surface area is 199 Å². The molecular weight excluding hydrogens is 460 g/mol. The van der Waals surface area contributed by atoms with Crippen LogP contribution >= 0.6 is 23.6 Å². The molecule has 1 fully saturated rings. The number of aryl methyl sites for hydroxylation is 1. The van der Waals surface area contributed by atoms with Crippen LogP contribution in [0.15, 0.2) is 41.8 Å². The van der Waals surface area contributed by atoms with Gasteiger partial charge in [-0.15, -0.1) is 11.3 Å². The summed E-state index contributed by atoms with van der Waals surface area (Å²) in [5, 5.41) is 53.3. The van der Waals surface area contributed by atoms with Crippen LogP contribution < -0.4 is 0 Å². The molecule has 3 aromatic rings. The first kappa shape index (κ1) is 22.4. The second-order valence-corrected chi connectivity index (χ2v) is 9.55. The second-order valence-electron chi connectivity index (χ2n) is 8.22. The molecule has 170 valence electrons. The zero-order valence-corrected chi connectivity index (χ0v) is 19.1. The summed E-state index contributed by atoms with van der Waals surface area (Å²) in [6.07, 6.45) is -5.41. The quantitative estimate of drug-likeness (QED) is 0.424. The van der Waals surface area contributed by atoms with Crippen molar-refractivity contribution in [1.29, 1.82) is 5.26 Å². The van der Waals surface area contributed by atoms with Gasteiger partial charge in [-0.25, -0.2) is 0 Å². The van der Waals surface area contributed by atoms with Crippen molar-refractivity contribution in [2.75, 3.05) is 6.61 Å². The number of aromatic nitrogens is 1. The van der Waals surface area contributed by atoms with Crippen LogP contribution in [0.5, 0.6) is 0 Å². The number of ether oxygens (including phenoxy) is 1. The summed E-state index contributed by atoms with van der Waals surface area (Å²) in [6.45, 7) is -0.549. The Hall–Kier alpha value is -2.42. The fourth-order valence-corrected chi connectivity index (χ4v) is 5.99. The molecule has 0 amide bonds. The molecule has 3 heterocycles. The van der Waals surface area contributed by atoms with E-state index in [0.717, 1.165) is 33.6 Å². The van der Waals surface area contributed by atoms with Gasteiger partial charge in [0.2, 0.25) is 0 Å². The van der Waals surface area contributed by atoms with E-state index in [2.05, 4.69) is 6.07 Å². The first-order valence-electron chi connectivity index (χ1n) is 10.6. The SMILES string of the molecule is N#Cc1c2c(c(-c3cccs3)n([C@@H]3O[C@@H](CO)[C@@H](O)[C@@H](O)[C@H]3O)c1=S)CCc1ccccc1-2. The van der Waals surface area contributed by atoms with Crippen molar-refractivity contribution in [3.63, 3.8) is 0 Å². The normalized spacial score (nSPS) is 26.3. The van der Waals surface area contributed by atoms with Gasteiger partial charge < -0.3 is 29.7 Å². The predicted molar refractivity (Wildman–Crippen MR) is 125 cm³/mol. The Bertz CT molecular complexity index is 1300. The Kier molecular flexibility index (Phi) is 5.93. The van der Waals surface area contributed by atoms with Gasteiger partial charge in [0.1, 0.15) is 35.1 Å². The molecular formula is C24H22N2O5S2. The third-order valence-electron chi connectivity index (χ3n) is 6.43. The number of nitriles is 1. The van der Waals surface area contributed by atoms with Crippen molar-refractivity contribution in [2.45, 2.75) is 43.5 Å². The number of rotatable bonds is 3. The summed E-state index contributed by atoms with van der Waals surface area (Å²) >= 11 is 7.28. The van der Waals surface area contributed by atoms with Crippen LogP contribution in [0, 0.1) is 16.0 Å². The monoisotopic (exact) mass is 482 g/mol. The minimum absolute atomic E-state index is 0.167. The standard InChI is InChI=1S/C24H22N2O5S2/c25-10-15-18-13-5-2-1-4-12(13)7-8-14(18)19(17-6-3-9-33-17)26(24(15)32)23-22(30)21(29)20(28)16(11-27)31-23/h1-6,9,16,20-23,27-30H,7-8,11H2/t16-,20+,21+,22+,23+/m0/s1. The van der Waals surface area contributed by atoms with Crippen molar-refractivity contribution in [2.24, 2.45) is 0 Å². The number of hydrogen-bond acceptors (Lipinski definition) is 8. The Morgan fingerprint density at radius 2 is 1.88 bits per heavy atom. The molecule has 5 atom stereocenters. The zero-order valence-electron chi connectivity index (χ0n) is 17.5. The first-order chi connectivity index (χ1) is 16.0. The summed E-state index contributed by atoms with van der Waals surface area (Å²) in [6, 6.07) is 14.0. The lowest BCUT2D eigenvalue weighted by molar-refractivity contribution is -0.251. The number of pyridine rings is 1. The largest absolute Gasteiger partial charge is 0.394 e. The molecule has 4 N–H and O–H groups in total. The molecule has 5 rings (SSSR count). The van der Waals surface area contributed by atoms with E-state index in [1.807, 2.05) is 41.8 Å². The molecule has 1 saturated heterocycles. The van der Waals surface area contributed by atoms with Crippen LogP contribution in [0.4, 0.5) is 0 Å². The van der Waals surface area contributed by atoms with E-state index in [4.69, 9.17) is 17.0 Å². The van der Waals surface area contributed by atoms with Gasteiger partial charge in [-0.2, -0.15) is 5.26 Å². The van der Waals surface area contributed by atoms with Gasteiger partial charge in [-0.3, -0.25) is 0 Å². The maximum absolute atomic E-state index is 10.9. The average Bonchev–Trinajstić information content (AvgIpc) is 3.37. The maximum atomic E-state index is 10.9. The van der Waals surface area contributed by atoms with Gasteiger partial charge in [-0.1, -0.05) is 42.5 Å². The molecule has 0 unspecified atom stereocenters. The van der Waals surface area contributed by atoms with Crippen LogP contribution in [0.1, 0.15) is 22.9 Å². The van der Waals surface area contributed by atoms with E-state index in [1.54, 1.807) is 4.57 Å². The number of thiophene rings is 1. The van der Waals surface area contributed by atoms with Crippen LogP contribution in [0.25, 0.3) is 21.7 Å². The molecule has 2 aromatic heterocycles. The molecule has 1 aromatic carbocycles. The second kappa shape index (κ2) is 8.74. The average molecular weight is 483 g/mol. The van der Waals surface area contributed by atoms with Crippen molar-refractivity contribution in [1.82, 2.24) is 4.57 Å². The highest BCUT2D eigenvalue weighted by atomic mass is 32.1. The summed E-state index contributed by atoms with van der Waals surface area (Å²) in [7, 11) is 0. The van der Waals surface area contributed by atoms with Gasteiger partial charge in [0.25, 0.3) is 0 Å². The highest BCUT2D eigenvalue weighted by Gasteiger charge is 2.45. The molecule has 0 bridgehead atoms. The molecule has 0 saturated carbocycles. The fraction of sp³-hybridized carbons (Fsp3) is 0.333. The molecule has 7 nitrogen and oxygen atoms in total. The molecule has 33 heavy (non-hydrogen) atoms. The van der Waals surface area contributed by atoms with E-state index in [9.17, 15) is 25.7 Å². The van der Waals surface area contributed by atoms with Crippen LogP contribution in [0.2, 0.25) is 0 Å². The molecule has 9 heteroatoms. The lowest BCUT2D eigenvalue weighted by Gasteiger charge is -2.42. The van der Waals surface area contributed by atoms with E-state index in [-0.39, 0.29) is 4.64 Å². The van der Waals surface area contributed by atoms with Gasteiger partial charge in [-0.05, 0) is 41.0 Å². The fourth-order valence-electron chi connectivity index (χ4n) is 4.85. The zero-order chi connectivity index (χ0) is 23.3. The molecule has 1 aliphatic heterocycles. The molecule has 0 radical (unpaired) electrons. The predicted octanol–water partition coefficient (Wildman–Crippen LogP) is 2.56. The van der Waals surface area contributed by atoms with Crippen LogP contribution in [-0.4, -0.2) is 56.0 Å². The number of fused-ring (bicyclic) bond motifs is 3. The number of hydrogen-bond donors (Lipinski definition) is 4. The van der Waals surface area contributed by atoms with Crippen molar-refractivity contribution < 1.29 is 25.2 Å². The highest BCUT2D eigenvalue weighted by molar-refractivity contribution is 7.71. The number of aliphatic hydroxyl groups excluding tert-OH is 4. The smallest absolute Gasteiger partial charge is 0.164 e. The summed E-state index contributed by atoms with van der Waals surface area (Å²) in [5.41, 5.74) is 4.80. The Morgan fingerprint density at radius 1 is 1.09 bits per heavy atom. The third kappa shape index (κ3) is 3.47. The van der Waals surface area contributed by atoms with Crippen molar-refractivity contribution in [3.8, 4) is 27.8 Å². The first-order valence-corrected chi connectivity index (χ1v) is 11.9. The number of aliphatic hydroxyl groups is 4. The molecule has 1 aliphatic carbocycles. The third-order valence-corrected chi connectivity index (χ3v) is 7.71. The topological polar surface area (TPSA) is 119 Å². The van der Waals surface area contributed by atoms with Crippen LogP contribution in [-0.2, 0) is 17.6 Å². The minimum Gasteiger partial charge on any atom is -0.394 e. The van der Waals surface area contributed by atoms with Gasteiger partial charge in [0, 0.05) is 5.56 Å².